The number of hydrogen-bond acceptors (Lipinski definition) is 7. The number of nitro groups is 1. The van der Waals surface area contributed by atoms with Crippen LogP contribution in [0.2, 0.25) is 5.02 Å². The van der Waals surface area contributed by atoms with E-state index >= 15 is 0 Å². The number of nitro benzene ring substituents is 1. The predicted molar refractivity (Wildman–Crippen MR) is 115 cm³/mol. The molecule has 0 fully saturated rings. The molecule has 3 aromatic carbocycles. The van der Waals surface area contributed by atoms with Crippen LogP contribution in [0.5, 0.6) is 5.75 Å². The molecule has 0 atom stereocenters. The maximum atomic E-state index is 12.9. The number of nitrogens with one attached hydrogen (secondary N) is 1. The Bertz CT molecular complexity index is 1210. The van der Waals surface area contributed by atoms with Crippen molar-refractivity contribution in [2.75, 3.05) is 11.9 Å². The summed E-state index contributed by atoms with van der Waals surface area (Å²) in [6.45, 7) is -0.616. The van der Waals surface area contributed by atoms with Crippen LogP contribution >= 0.6 is 11.6 Å². The molecule has 0 aliphatic carbocycles. The van der Waals surface area contributed by atoms with Crippen molar-refractivity contribution in [1.82, 2.24) is 0 Å². The van der Waals surface area contributed by atoms with E-state index in [2.05, 4.69) is 5.32 Å². The van der Waals surface area contributed by atoms with Crippen molar-refractivity contribution in [1.29, 1.82) is 0 Å². The maximum Gasteiger partial charge on any atom is 0.339 e. The normalized spacial score (nSPS) is 10.3. The van der Waals surface area contributed by atoms with Gasteiger partial charge >= 0.3 is 5.97 Å². The summed E-state index contributed by atoms with van der Waals surface area (Å²) in [6.07, 6.45) is 0. The van der Waals surface area contributed by atoms with Crippen molar-refractivity contribution in [2.24, 2.45) is 0 Å². The van der Waals surface area contributed by atoms with Gasteiger partial charge in [0.2, 0.25) is 0 Å². The number of rotatable bonds is 7. The van der Waals surface area contributed by atoms with Gasteiger partial charge in [-0.2, -0.15) is 0 Å². The molecule has 0 aliphatic heterocycles. The number of esters is 1. The lowest BCUT2D eigenvalue weighted by atomic mass is 9.98. The van der Waals surface area contributed by atoms with Gasteiger partial charge in [0.05, 0.1) is 10.5 Å². The summed E-state index contributed by atoms with van der Waals surface area (Å²) in [4.78, 5) is 47.8. The third-order valence-electron chi connectivity index (χ3n) is 4.28. The number of ketones is 1. The van der Waals surface area contributed by atoms with Crippen molar-refractivity contribution in [3.8, 4) is 5.75 Å². The van der Waals surface area contributed by atoms with Crippen LogP contribution in [0.1, 0.15) is 26.3 Å². The van der Waals surface area contributed by atoms with Crippen LogP contribution in [0.25, 0.3) is 0 Å². The molecule has 1 amide bonds. The number of ether oxygens (including phenoxy) is 1. The average Bonchev–Trinajstić information content (AvgIpc) is 2.78. The second-order valence-electron chi connectivity index (χ2n) is 6.47. The number of nitrogens with zero attached hydrogens (tertiary/aromatic N) is 1. The number of aromatic hydroxyl groups is 1. The minimum absolute atomic E-state index is 0.0294. The van der Waals surface area contributed by atoms with Crippen LogP contribution in [-0.4, -0.2) is 34.3 Å². The van der Waals surface area contributed by atoms with Crippen molar-refractivity contribution in [3.63, 3.8) is 0 Å². The second kappa shape index (κ2) is 9.71. The zero-order chi connectivity index (χ0) is 23.3. The first kappa shape index (κ1) is 22.4. The van der Waals surface area contributed by atoms with Gasteiger partial charge < -0.3 is 15.2 Å². The number of phenolic OH excluding ortho intramolecular Hbond substituents is 1. The number of amides is 1. The highest BCUT2D eigenvalue weighted by molar-refractivity contribution is 6.33. The number of carbonyl (C=O) groups is 3. The van der Waals surface area contributed by atoms with Gasteiger partial charge in [-0.1, -0.05) is 29.8 Å². The molecule has 162 valence electrons. The molecule has 0 spiro atoms. The molecule has 0 bridgehead atoms. The molecule has 0 saturated carbocycles. The molecule has 0 unspecified atom stereocenters. The van der Waals surface area contributed by atoms with Gasteiger partial charge in [0.1, 0.15) is 10.8 Å². The first-order chi connectivity index (χ1) is 15.3. The van der Waals surface area contributed by atoms with Crippen LogP contribution in [-0.2, 0) is 9.53 Å². The Balaban J connectivity index is 1.74. The van der Waals surface area contributed by atoms with Gasteiger partial charge in [-0.25, -0.2) is 4.79 Å². The van der Waals surface area contributed by atoms with Crippen molar-refractivity contribution in [2.45, 2.75) is 0 Å². The molecule has 10 heteroatoms. The fraction of sp³-hybridized carbons (Fsp3) is 0.0455. The quantitative estimate of drug-likeness (QED) is 0.181. The van der Waals surface area contributed by atoms with E-state index in [0.717, 1.165) is 6.07 Å². The highest BCUT2D eigenvalue weighted by Crippen LogP contribution is 2.27. The average molecular weight is 455 g/mol. The van der Waals surface area contributed by atoms with E-state index in [-0.39, 0.29) is 27.5 Å². The van der Waals surface area contributed by atoms with Gasteiger partial charge in [-0.15, -0.1) is 0 Å². The lowest BCUT2D eigenvalue weighted by Gasteiger charge is -2.10. The summed E-state index contributed by atoms with van der Waals surface area (Å²) < 4.78 is 5.01. The number of benzene rings is 3. The number of anilines is 1. The zero-order valence-corrected chi connectivity index (χ0v) is 17.0. The fourth-order valence-electron chi connectivity index (χ4n) is 2.76. The Morgan fingerprint density at radius 3 is 2.31 bits per heavy atom. The monoisotopic (exact) mass is 454 g/mol. The Morgan fingerprint density at radius 1 is 1.00 bits per heavy atom. The van der Waals surface area contributed by atoms with E-state index in [4.69, 9.17) is 16.3 Å². The first-order valence-electron chi connectivity index (χ1n) is 9.10. The molecule has 32 heavy (non-hydrogen) atoms. The SMILES string of the molecule is O=C(COC(=O)c1ccccc1C(=O)c1ccc(Cl)c([N+](=O)[O-])c1)Nc1ccc(O)cc1. The summed E-state index contributed by atoms with van der Waals surface area (Å²) in [5.41, 5.74) is -0.237. The largest absolute Gasteiger partial charge is 0.508 e. The molecular formula is C22H15ClN2O7. The number of halogens is 1. The van der Waals surface area contributed by atoms with Crippen molar-refractivity contribution in [3.05, 3.63) is 98.6 Å². The van der Waals surface area contributed by atoms with Gasteiger partial charge in [0.15, 0.2) is 12.4 Å². The van der Waals surface area contributed by atoms with E-state index in [0.29, 0.717) is 5.69 Å². The third kappa shape index (κ3) is 5.27. The number of carbonyl (C=O) groups excluding carboxylic acids is 3. The van der Waals surface area contributed by atoms with E-state index in [1.165, 1.54) is 60.7 Å². The summed E-state index contributed by atoms with van der Waals surface area (Å²) in [5, 5.41) is 22.7. The molecule has 0 radical (unpaired) electrons. The first-order valence-corrected chi connectivity index (χ1v) is 9.47. The van der Waals surface area contributed by atoms with Crippen molar-refractivity contribution < 1.29 is 29.2 Å². The summed E-state index contributed by atoms with van der Waals surface area (Å²) in [6, 6.07) is 15.0. The fourth-order valence-corrected chi connectivity index (χ4v) is 2.95. The van der Waals surface area contributed by atoms with E-state index in [9.17, 15) is 29.6 Å². The number of hydrogen-bond donors (Lipinski definition) is 2. The standard InChI is InChI=1S/C22H15ClN2O7/c23-18-10-5-13(11-19(18)25(30)31)21(28)16-3-1-2-4-17(16)22(29)32-12-20(27)24-14-6-8-15(26)9-7-14/h1-11,26H,12H2,(H,24,27). The molecule has 0 heterocycles. The highest BCUT2D eigenvalue weighted by atomic mass is 35.5. The molecule has 9 nitrogen and oxygen atoms in total. The zero-order valence-electron chi connectivity index (χ0n) is 16.3. The number of phenols is 1. The van der Waals surface area contributed by atoms with Crippen LogP contribution in [0.3, 0.4) is 0 Å². The molecule has 2 N–H and O–H groups in total. The molecule has 0 aliphatic rings. The minimum Gasteiger partial charge on any atom is -0.508 e. The van der Waals surface area contributed by atoms with E-state index < -0.39 is 34.9 Å². The molecular weight excluding hydrogens is 440 g/mol. The molecule has 3 rings (SSSR count). The van der Waals surface area contributed by atoms with Gasteiger partial charge in [0.25, 0.3) is 11.6 Å². The Morgan fingerprint density at radius 2 is 1.66 bits per heavy atom. The summed E-state index contributed by atoms with van der Waals surface area (Å²) in [5.74, 6) is -2.16. The van der Waals surface area contributed by atoms with Gasteiger partial charge in [0, 0.05) is 22.9 Å². The Kier molecular flexibility index (Phi) is 6.81. The topological polar surface area (TPSA) is 136 Å². The molecule has 0 aromatic heterocycles. The van der Waals surface area contributed by atoms with Gasteiger partial charge in [-0.3, -0.25) is 19.7 Å². The molecule has 0 saturated heterocycles. The van der Waals surface area contributed by atoms with E-state index in [1.54, 1.807) is 0 Å². The Labute approximate surface area is 186 Å². The molecule has 3 aromatic rings. The maximum absolute atomic E-state index is 12.9. The van der Waals surface area contributed by atoms with Crippen LogP contribution in [0, 0.1) is 10.1 Å². The lowest BCUT2D eigenvalue weighted by molar-refractivity contribution is -0.384. The van der Waals surface area contributed by atoms with Crippen molar-refractivity contribution >= 4 is 40.6 Å². The highest BCUT2D eigenvalue weighted by Gasteiger charge is 2.22. The third-order valence-corrected chi connectivity index (χ3v) is 4.60. The summed E-state index contributed by atoms with van der Waals surface area (Å²) in [7, 11) is 0. The van der Waals surface area contributed by atoms with Gasteiger partial charge in [-0.05, 0) is 42.5 Å². The lowest BCUT2D eigenvalue weighted by Crippen LogP contribution is -2.22. The smallest absolute Gasteiger partial charge is 0.339 e. The van der Waals surface area contributed by atoms with E-state index in [1.807, 2.05) is 0 Å². The van der Waals surface area contributed by atoms with Crippen LogP contribution in [0.15, 0.2) is 66.7 Å². The second-order valence-corrected chi connectivity index (χ2v) is 6.88. The predicted octanol–water partition coefficient (Wildman–Crippen LogP) is 3.98. The Hall–Kier alpha value is -4.24. The summed E-state index contributed by atoms with van der Waals surface area (Å²) >= 11 is 5.78. The van der Waals surface area contributed by atoms with Crippen LogP contribution < -0.4 is 5.32 Å². The minimum atomic E-state index is -0.918. The van der Waals surface area contributed by atoms with Crippen LogP contribution in [0.4, 0.5) is 11.4 Å².